The summed E-state index contributed by atoms with van der Waals surface area (Å²) in [5, 5.41) is 10.9. The van der Waals surface area contributed by atoms with E-state index in [0.29, 0.717) is 12.0 Å². The predicted molar refractivity (Wildman–Crippen MR) is 75.6 cm³/mol. The van der Waals surface area contributed by atoms with Gasteiger partial charge in [0.1, 0.15) is 11.4 Å². The first-order valence-electron chi connectivity index (χ1n) is 6.54. The topological polar surface area (TPSA) is 20.2 Å². The van der Waals surface area contributed by atoms with Crippen molar-refractivity contribution in [1.82, 2.24) is 0 Å². The number of rotatable bonds is 3. The van der Waals surface area contributed by atoms with E-state index >= 15 is 0 Å². The number of hydrogen-bond donors (Lipinski definition) is 1. The van der Waals surface area contributed by atoms with E-state index in [4.69, 9.17) is 0 Å². The van der Waals surface area contributed by atoms with Gasteiger partial charge in [-0.05, 0) is 43.0 Å². The van der Waals surface area contributed by atoms with Crippen LogP contribution in [0.4, 0.5) is 4.39 Å². The smallest absolute Gasteiger partial charge is 0.129 e. The molecule has 0 radical (unpaired) electrons. The third-order valence-electron chi connectivity index (χ3n) is 3.82. The van der Waals surface area contributed by atoms with E-state index in [1.54, 1.807) is 18.2 Å². The summed E-state index contributed by atoms with van der Waals surface area (Å²) in [5.41, 5.74) is 2.06. The Morgan fingerprint density at radius 3 is 2.32 bits per heavy atom. The van der Waals surface area contributed by atoms with Crippen LogP contribution in [-0.4, -0.2) is 5.11 Å². The molecule has 0 bridgehead atoms. The molecule has 0 aliphatic heterocycles. The number of benzene rings is 2. The molecular formula is C17H19FO. The SMILES string of the molecule is CCC(O)(c1ccc(C)c(C)c1)c1ccccc1F. The lowest BCUT2D eigenvalue weighted by Crippen LogP contribution is -2.27. The quantitative estimate of drug-likeness (QED) is 0.879. The maximum Gasteiger partial charge on any atom is 0.129 e. The fourth-order valence-corrected chi connectivity index (χ4v) is 2.35. The van der Waals surface area contributed by atoms with Gasteiger partial charge in [0.15, 0.2) is 0 Å². The molecule has 100 valence electrons. The van der Waals surface area contributed by atoms with Gasteiger partial charge in [-0.1, -0.05) is 43.3 Å². The Labute approximate surface area is 113 Å². The second-order valence-corrected chi connectivity index (χ2v) is 4.99. The molecule has 19 heavy (non-hydrogen) atoms. The van der Waals surface area contributed by atoms with Crippen LogP contribution >= 0.6 is 0 Å². The van der Waals surface area contributed by atoms with E-state index in [0.717, 1.165) is 16.7 Å². The van der Waals surface area contributed by atoms with Crippen molar-refractivity contribution in [3.8, 4) is 0 Å². The van der Waals surface area contributed by atoms with Crippen molar-refractivity contribution in [2.45, 2.75) is 32.8 Å². The molecular weight excluding hydrogens is 239 g/mol. The van der Waals surface area contributed by atoms with Gasteiger partial charge in [0.05, 0.1) is 0 Å². The van der Waals surface area contributed by atoms with Gasteiger partial charge >= 0.3 is 0 Å². The summed E-state index contributed by atoms with van der Waals surface area (Å²) >= 11 is 0. The molecule has 0 spiro atoms. The zero-order chi connectivity index (χ0) is 14.0. The van der Waals surface area contributed by atoms with Crippen molar-refractivity contribution in [3.63, 3.8) is 0 Å². The summed E-state index contributed by atoms with van der Waals surface area (Å²) in [6, 6.07) is 12.2. The fourth-order valence-electron chi connectivity index (χ4n) is 2.35. The number of halogens is 1. The molecule has 0 saturated heterocycles. The highest BCUT2D eigenvalue weighted by Crippen LogP contribution is 2.35. The molecule has 0 fully saturated rings. The van der Waals surface area contributed by atoms with E-state index in [9.17, 15) is 9.50 Å². The molecule has 0 aromatic heterocycles. The van der Waals surface area contributed by atoms with Gasteiger partial charge in [-0.2, -0.15) is 0 Å². The van der Waals surface area contributed by atoms with Crippen LogP contribution in [0.3, 0.4) is 0 Å². The highest BCUT2D eigenvalue weighted by atomic mass is 19.1. The fraction of sp³-hybridized carbons (Fsp3) is 0.294. The lowest BCUT2D eigenvalue weighted by atomic mass is 9.83. The molecule has 0 saturated carbocycles. The maximum absolute atomic E-state index is 14.0. The van der Waals surface area contributed by atoms with Crippen LogP contribution in [0, 0.1) is 19.7 Å². The Morgan fingerprint density at radius 1 is 1.05 bits per heavy atom. The molecule has 0 aliphatic rings. The van der Waals surface area contributed by atoms with Gasteiger partial charge < -0.3 is 5.11 Å². The Kier molecular flexibility index (Phi) is 3.72. The first kappa shape index (κ1) is 13.8. The van der Waals surface area contributed by atoms with E-state index in [-0.39, 0.29) is 5.82 Å². The normalized spacial score (nSPS) is 14.2. The average Bonchev–Trinajstić information content (AvgIpc) is 2.41. The standard InChI is InChI=1S/C17H19FO/c1-4-17(19,15-7-5-6-8-16(15)18)14-10-9-12(2)13(3)11-14/h5-11,19H,4H2,1-3H3. The van der Waals surface area contributed by atoms with Crippen LogP contribution in [0.25, 0.3) is 0 Å². The average molecular weight is 258 g/mol. The molecule has 1 N–H and O–H groups in total. The van der Waals surface area contributed by atoms with E-state index < -0.39 is 5.60 Å². The maximum atomic E-state index is 14.0. The van der Waals surface area contributed by atoms with Crippen LogP contribution in [0.2, 0.25) is 0 Å². The lowest BCUT2D eigenvalue weighted by molar-refractivity contribution is 0.0725. The third kappa shape index (κ3) is 2.41. The van der Waals surface area contributed by atoms with Crippen molar-refractivity contribution in [2.24, 2.45) is 0 Å². The van der Waals surface area contributed by atoms with E-state index in [2.05, 4.69) is 0 Å². The molecule has 1 unspecified atom stereocenters. The van der Waals surface area contributed by atoms with Gasteiger partial charge in [-0.3, -0.25) is 0 Å². The molecule has 1 atom stereocenters. The Balaban J connectivity index is 2.60. The van der Waals surface area contributed by atoms with Crippen molar-refractivity contribution in [2.75, 3.05) is 0 Å². The molecule has 2 heteroatoms. The summed E-state index contributed by atoms with van der Waals surface area (Å²) in [6.45, 7) is 5.88. The second kappa shape index (κ2) is 5.14. The van der Waals surface area contributed by atoms with Crippen molar-refractivity contribution >= 4 is 0 Å². The summed E-state index contributed by atoms with van der Waals surface area (Å²) in [5.74, 6) is -0.370. The van der Waals surface area contributed by atoms with Gasteiger partial charge in [-0.15, -0.1) is 0 Å². The first-order valence-corrected chi connectivity index (χ1v) is 6.54. The highest BCUT2D eigenvalue weighted by molar-refractivity contribution is 5.40. The number of aryl methyl sites for hydroxylation is 2. The van der Waals surface area contributed by atoms with Crippen LogP contribution < -0.4 is 0 Å². The Bertz CT molecular complexity index is 592. The van der Waals surface area contributed by atoms with Crippen LogP contribution in [0.5, 0.6) is 0 Å². The lowest BCUT2D eigenvalue weighted by Gasteiger charge is -2.29. The first-order chi connectivity index (χ1) is 8.99. The summed E-state index contributed by atoms with van der Waals surface area (Å²) in [7, 11) is 0. The largest absolute Gasteiger partial charge is 0.380 e. The van der Waals surface area contributed by atoms with Crippen molar-refractivity contribution in [3.05, 3.63) is 70.5 Å². The van der Waals surface area contributed by atoms with E-state index in [1.807, 2.05) is 39.0 Å². The second-order valence-electron chi connectivity index (χ2n) is 4.99. The zero-order valence-electron chi connectivity index (χ0n) is 11.6. The Morgan fingerprint density at radius 2 is 1.74 bits per heavy atom. The molecule has 0 heterocycles. The summed E-state index contributed by atoms with van der Waals surface area (Å²) in [4.78, 5) is 0. The molecule has 2 aromatic carbocycles. The van der Waals surface area contributed by atoms with Crippen molar-refractivity contribution < 1.29 is 9.50 Å². The third-order valence-corrected chi connectivity index (χ3v) is 3.82. The number of hydrogen-bond acceptors (Lipinski definition) is 1. The molecule has 1 nitrogen and oxygen atoms in total. The highest BCUT2D eigenvalue weighted by Gasteiger charge is 2.32. The molecule has 2 aromatic rings. The molecule has 2 rings (SSSR count). The minimum Gasteiger partial charge on any atom is -0.380 e. The van der Waals surface area contributed by atoms with Crippen LogP contribution in [-0.2, 0) is 5.60 Å². The van der Waals surface area contributed by atoms with Crippen molar-refractivity contribution in [1.29, 1.82) is 0 Å². The van der Waals surface area contributed by atoms with Crippen LogP contribution in [0.15, 0.2) is 42.5 Å². The monoisotopic (exact) mass is 258 g/mol. The summed E-state index contributed by atoms with van der Waals surface area (Å²) in [6.07, 6.45) is 0.427. The minimum atomic E-state index is -1.27. The zero-order valence-corrected chi connectivity index (χ0v) is 11.6. The summed E-state index contributed by atoms with van der Waals surface area (Å²) < 4.78 is 14.0. The Hall–Kier alpha value is -1.67. The van der Waals surface area contributed by atoms with Crippen LogP contribution in [0.1, 0.15) is 35.6 Å². The van der Waals surface area contributed by atoms with Gasteiger partial charge in [0, 0.05) is 5.56 Å². The molecule has 0 aliphatic carbocycles. The van der Waals surface area contributed by atoms with Gasteiger partial charge in [-0.25, -0.2) is 4.39 Å². The predicted octanol–water partition coefficient (Wildman–Crippen LogP) is 4.09. The van der Waals surface area contributed by atoms with Gasteiger partial charge in [0.25, 0.3) is 0 Å². The van der Waals surface area contributed by atoms with E-state index in [1.165, 1.54) is 6.07 Å². The minimum absolute atomic E-state index is 0.334. The molecule has 0 amide bonds. The number of aliphatic hydroxyl groups is 1. The van der Waals surface area contributed by atoms with Gasteiger partial charge in [0.2, 0.25) is 0 Å².